The summed E-state index contributed by atoms with van der Waals surface area (Å²) in [5, 5.41) is 4.92. The minimum absolute atomic E-state index is 0.101. The molecule has 1 aliphatic heterocycles. The molecule has 0 saturated carbocycles. The van der Waals surface area contributed by atoms with Crippen molar-refractivity contribution in [3.63, 3.8) is 0 Å². The minimum atomic E-state index is -3.70. The number of hydrogen-bond acceptors (Lipinski definition) is 7. The number of carbonyl (C=O) groups excluding carboxylic acids is 1. The van der Waals surface area contributed by atoms with Gasteiger partial charge in [-0.1, -0.05) is 12.1 Å². The molecule has 0 radical (unpaired) electrons. The largest absolute Gasteiger partial charge is 0.346 e. The molecule has 2 aromatic heterocycles. The molecule has 1 fully saturated rings. The molecule has 31 heavy (non-hydrogen) atoms. The van der Waals surface area contributed by atoms with E-state index >= 15 is 0 Å². The maximum atomic E-state index is 13.1. The van der Waals surface area contributed by atoms with Crippen LogP contribution in [0.1, 0.15) is 27.3 Å². The van der Waals surface area contributed by atoms with Crippen LogP contribution < -0.4 is 9.62 Å². The van der Waals surface area contributed by atoms with Crippen molar-refractivity contribution in [2.24, 2.45) is 0 Å². The number of aromatic nitrogens is 1. The summed E-state index contributed by atoms with van der Waals surface area (Å²) >= 11 is 3.11. The van der Waals surface area contributed by atoms with E-state index in [1.165, 1.54) is 23.5 Å². The van der Waals surface area contributed by atoms with E-state index in [1.54, 1.807) is 28.4 Å². The van der Waals surface area contributed by atoms with Gasteiger partial charge in [0.1, 0.15) is 0 Å². The molecular weight excluding hydrogens is 452 g/mol. The number of nitrogens with one attached hydrogen (secondary N) is 1. The maximum Gasteiger partial charge on any atom is 0.253 e. The molecule has 0 atom stereocenters. The van der Waals surface area contributed by atoms with Crippen LogP contribution in [0.2, 0.25) is 0 Å². The predicted molar refractivity (Wildman–Crippen MR) is 124 cm³/mol. The molecule has 1 aliphatic rings. The molecule has 1 aromatic carbocycles. The lowest BCUT2D eigenvalue weighted by Gasteiger charge is -2.22. The number of amides is 1. The summed E-state index contributed by atoms with van der Waals surface area (Å²) in [5.41, 5.74) is 1.39. The molecule has 164 valence electrons. The second-order valence-corrected chi connectivity index (χ2v) is 11.0. The van der Waals surface area contributed by atoms with Crippen LogP contribution in [0.4, 0.5) is 5.13 Å². The number of aryl methyl sites for hydroxylation is 1. The molecule has 3 aromatic rings. The SMILES string of the molecule is Cc1csc(N2CCCN(C(=O)c3cccc(S(=O)(=O)NCc4cccs4)c3)CC2)n1. The first-order chi connectivity index (χ1) is 14.9. The van der Waals surface area contributed by atoms with Crippen molar-refractivity contribution in [2.45, 2.75) is 24.8 Å². The molecule has 1 saturated heterocycles. The lowest BCUT2D eigenvalue weighted by molar-refractivity contribution is 0.0767. The Hall–Kier alpha value is -2.27. The summed E-state index contributed by atoms with van der Waals surface area (Å²) in [6, 6.07) is 10.0. The van der Waals surface area contributed by atoms with E-state index in [0.717, 1.165) is 28.7 Å². The van der Waals surface area contributed by atoms with E-state index in [2.05, 4.69) is 14.6 Å². The lowest BCUT2D eigenvalue weighted by Crippen LogP contribution is -2.35. The number of thiazole rings is 1. The standard InChI is InChI=1S/C21H24N4O3S3/c1-16-15-30-21(23-16)25-9-4-8-24(10-11-25)20(26)17-5-2-7-19(13-17)31(27,28)22-14-18-6-3-12-29-18/h2-3,5-7,12-13,15,22H,4,8-11,14H2,1H3. The highest BCUT2D eigenvalue weighted by atomic mass is 32.2. The van der Waals surface area contributed by atoms with Gasteiger partial charge in [-0.25, -0.2) is 18.1 Å². The van der Waals surface area contributed by atoms with Crippen LogP contribution in [0.5, 0.6) is 0 Å². The Kier molecular flexibility index (Phi) is 6.71. The van der Waals surface area contributed by atoms with Crippen molar-refractivity contribution < 1.29 is 13.2 Å². The van der Waals surface area contributed by atoms with E-state index < -0.39 is 10.0 Å². The van der Waals surface area contributed by atoms with Gasteiger partial charge >= 0.3 is 0 Å². The average Bonchev–Trinajstić information content (AvgIpc) is 3.38. The van der Waals surface area contributed by atoms with E-state index in [-0.39, 0.29) is 17.3 Å². The highest BCUT2D eigenvalue weighted by molar-refractivity contribution is 7.89. The van der Waals surface area contributed by atoms with E-state index in [9.17, 15) is 13.2 Å². The molecule has 0 aliphatic carbocycles. The number of anilines is 1. The van der Waals surface area contributed by atoms with E-state index in [1.807, 2.05) is 29.8 Å². The third kappa shape index (κ3) is 5.32. The van der Waals surface area contributed by atoms with Crippen LogP contribution in [-0.4, -0.2) is 50.4 Å². The zero-order valence-corrected chi connectivity index (χ0v) is 19.6. The van der Waals surface area contributed by atoms with Crippen molar-refractivity contribution in [1.29, 1.82) is 0 Å². The second-order valence-electron chi connectivity index (χ2n) is 7.34. The summed E-state index contributed by atoms with van der Waals surface area (Å²) in [6.45, 7) is 4.97. The molecule has 3 heterocycles. The first-order valence-electron chi connectivity index (χ1n) is 10.0. The van der Waals surface area contributed by atoms with Gasteiger partial charge in [0.15, 0.2) is 5.13 Å². The van der Waals surface area contributed by atoms with Gasteiger partial charge in [-0.15, -0.1) is 22.7 Å². The molecular formula is C21H24N4O3S3. The Bertz CT molecular complexity index is 1140. The highest BCUT2D eigenvalue weighted by Crippen LogP contribution is 2.22. The van der Waals surface area contributed by atoms with Crippen molar-refractivity contribution in [3.8, 4) is 0 Å². The fourth-order valence-electron chi connectivity index (χ4n) is 3.44. The van der Waals surface area contributed by atoms with Gasteiger partial charge < -0.3 is 9.80 Å². The molecule has 1 amide bonds. The molecule has 10 heteroatoms. The fraction of sp³-hybridized carbons (Fsp3) is 0.333. The zero-order chi connectivity index (χ0) is 21.8. The number of carbonyl (C=O) groups is 1. The number of rotatable bonds is 6. The number of thiophene rings is 1. The molecule has 0 unspecified atom stereocenters. The van der Waals surface area contributed by atoms with Crippen LogP contribution in [0, 0.1) is 6.92 Å². The van der Waals surface area contributed by atoms with Crippen molar-refractivity contribution in [3.05, 3.63) is 63.3 Å². The molecule has 0 spiro atoms. The lowest BCUT2D eigenvalue weighted by atomic mass is 10.2. The minimum Gasteiger partial charge on any atom is -0.346 e. The Morgan fingerprint density at radius 2 is 2.00 bits per heavy atom. The third-order valence-electron chi connectivity index (χ3n) is 5.07. The van der Waals surface area contributed by atoms with Crippen molar-refractivity contribution in [2.75, 3.05) is 31.1 Å². The monoisotopic (exact) mass is 476 g/mol. The van der Waals surface area contributed by atoms with Gasteiger partial charge in [-0.2, -0.15) is 0 Å². The van der Waals surface area contributed by atoms with E-state index in [0.29, 0.717) is 25.2 Å². The average molecular weight is 477 g/mol. The number of benzene rings is 1. The summed E-state index contributed by atoms with van der Waals surface area (Å²) in [4.78, 5) is 22.7. The zero-order valence-electron chi connectivity index (χ0n) is 17.2. The van der Waals surface area contributed by atoms with Gasteiger partial charge in [-0.05, 0) is 43.0 Å². The maximum absolute atomic E-state index is 13.1. The van der Waals surface area contributed by atoms with Crippen LogP contribution in [-0.2, 0) is 16.6 Å². The third-order valence-corrected chi connectivity index (χ3v) is 8.36. The van der Waals surface area contributed by atoms with Crippen LogP contribution >= 0.6 is 22.7 Å². The number of hydrogen-bond donors (Lipinski definition) is 1. The van der Waals surface area contributed by atoms with Crippen LogP contribution in [0.3, 0.4) is 0 Å². The normalized spacial score (nSPS) is 15.1. The molecule has 7 nitrogen and oxygen atoms in total. The van der Waals surface area contributed by atoms with Gasteiger partial charge in [-0.3, -0.25) is 4.79 Å². The predicted octanol–water partition coefficient (Wildman–Crippen LogP) is 3.34. The Labute approximate surface area is 190 Å². The van der Waals surface area contributed by atoms with Gasteiger partial charge in [0.05, 0.1) is 10.6 Å². The van der Waals surface area contributed by atoms with Crippen molar-refractivity contribution in [1.82, 2.24) is 14.6 Å². The Morgan fingerprint density at radius 3 is 2.74 bits per heavy atom. The molecule has 1 N–H and O–H groups in total. The van der Waals surface area contributed by atoms with Crippen molar-refractivity contribution >= 4 is 43.7 Å². The van der Waals surface area contributed by atoms with Gasteiger partial charge in [0.25, 0.3) is 5.91 Å². The van der Waals surface area contributed by atoms with Crippen LogP contribution in [0.25, 0.3) is 0 Å². The second kappa shape index (κ2) is 9.47. The fourth-order valence-corrected chi connectivity index (χ4v) is 6.09. The first-order valence-corrected chi connectivity index (χ1v) is 13.2. The summed E-state index contributed by atoms with van der Waals surface area (Å²) in [5.74, 6) is -0.146. The summed E-state index contributed by atoms with van der Waals surface area (Å²) in [6.07, 6.45) is 0.838. The molecule has 4 rings (SSSR count). The summed E-state index contributed by atoms with van der Waals surface area (Å²) in [7, 11) is -3.70. The summed E-state index contributed by atoms with van der Waals surface area (Å²) < 4.78 is 28.0. The first kappa shape index (κ1) is 21.9. The Balaban J connectivity index is 1.44. The quantitative estimate of drug-likeness (QED) is 0.590. The van der Waals surface area contributed by atoms with E-state index in [4.69, 9.17) is 0 Å². The Morgan fingerprint density at radius 1 is 1.13 bits per heavy atom. The molecule has 0 bridgehead atoms. The smallest absolute Gasteiger partial charge is 0.253 e. The van der Waals surface area contributed by atoms with Crippen LogP contribution in [0.15, 0.2) is 52.1 Å². The van der Waals surface area contributed by atoms with Gasteiger partial charge in [0, 0.05) is 48.5 Å². The van der Waals surface area contributed by atoms with Gasteiger partial charge in [0.2, 0.25) is 10.0 Å². The highest BCUT2D eigenvalue weighted by Gasteiger charge is 2.23. The number of nitrogens with zero attached hydrogens (tertiary/aromatic N) is 3. The number of sulfonamides is 1. The topological polar surface area (TPSA) is 82.6 Å².